The van der Waals surface area contributed by atoms with Gasteiger partial charge < -0.3 is 10.2 Å². The van der Waals surface area contributed by atoms with E-state index < -0.39 is 0 Å². The zero-order valence-corrected chi connectivity index (χ0v) is 12.7. The van der Waals surface area contributed by atoms with Gasteiger partial charge in [0.1, 0.15) is 0 Å². The highest BCUT2D eigenvalue weighted by atomic mass is 15.1. The summed E-state index contributed by atoms with van der Waals surface area (Å²) in [6, 6.07) is 1.43. The summed E-state index contributed by atoms with van der Waals surface area (Å²) in [6.45, 7) is 11.0. The SMILES string of the molecule is CCC1CCN(CC2(CC)CCC2)CCC(C)N1. The summed E-state index contributed by atoms with van der Waals surface area (Å²) in [5, 5.41) is 3.77. The standard InChI is InChI=1S/C16H32N2/c1-4-15-8-12-18(11-7-14(3)17-15)13-16(5-2)9-6-10-16/h14-15,17H,4-13H2,1-3H3. The molecular formula is C16H32N2. The van der Waals surface area contributed by atoms with E-state index in [4.69, 9.17) is 0 Å². The molecule has 0 aromatic rings. The molecule has 0 radical (unpaired) electrons. The molecule has 2 aliphatic rings. The molecule has 1 aliphatic heterocycles. The van der Waals surface area contributed by atoms with Crippen molar-refractivity contribution in [3.63, 3.8) is 0 Å². The lowest BCUT2D eigenvalue weighted by Crippen LogP contribution is -2.48. The summed E-state index contributed by atoms with van der Waals surface area (Å²) in [6.07, 6.45) is 9.73. The number of hydrogen-bond donors (Lipinski definition) is 1. The summed E-state index contributed by atoms with van der Waals surface area (Å²) < 4.78 is 0. The zero-order valence-electron chi connectivity index (χ0n) is 12.7. The molecule has 2 nitrogen and oxygen atoms in total. The van der Waals surface area contributed by atoms with Crippen molar-refractivity contribution in [2.45, 2.75) is 77.8 Å². The first-order valence-electron chi connectivity index (χ1n) is 8.16. The Morgan fingerprint density at radius 1 is 1.17 bits per heavy atom. The fourth-order valence-electron chi connectivity index (χ4n) is 3.65. The molecule has 106 valence electrons. The zero-order chi connectivity index (χ0) is 13.0. The summed E-state index contributed by atoms with van der Waals surface area (Å²) in [4.78, 5) is 2.77. The van der Waals surface area contributed by atoms with Crippen LogP contribution in [-0.2, 0) is 0 Å². The van der Waals surface area contributed by atoms with Gasteiger partial charge in [-0.05, 0) is 64.0 Å². The Kier molecular flexibility index (Phi) is 5.08. The second-order valence-corrected chi connectivity index (χ2v) is 6.73. The Balaban J connectivity index is 1.87. The second-order valence-electron chi connectivity index (χ2n) is 6.73. The predicted octanol–water partition coefficient (Wildman–Crippen LogP) is 3.42. The first kappa shape index (κ1) is 14.3. The third-order valence-electron chi connectivity index (χ3n) is 5.41. The lowest BCUT2D eigenvalue weighted by atomic mass is 9.66. The van der Waals surface area contributed by atoms with E-state index in [0.29, 0.717) is 11.5 Å². The minimum absolute atomic E-state index is 0.691. The van der Waals surface area contributed by atoms with Crippen molar-refractivity contribution in [2.24, 2.45) is 5.41 Å². The van der Waals surface area contributed by atoms with E-state index in [9.17, 15) is 0 Å². The predicted molar refractivity (Wildman–Crippen MR) is 78.9 cm³/mol. The fourth-order valence-corrected chi connectivity index (χ4v) is 3.65. The lowest BCUT2D eigenvalue weighted by Gasteiger charge is -2.45. The van der Waals surface area contributed by atoms with Crippen LogP contribution in [0.15, 0.2) is 0 Å². The Hall–Kier alpha value is -0.0800. The highest BCUT2D eigenvalue weighted by Crippen LogP contribution is 2.44. The van der Waals surface area contributed by atoms with Crippen LogP contribution < -0.4 is 5.32 Å². The van der Waals surface area contributed by atoms with Gasteiger partial charge in [-0.1, -0.05) is 20.3 Å². The van der Waals surface area contributed by atoms with E-state index in [2.05, 4.69) is 31.0 Å². The molecule has 0 amide bonds. The average Bonchev–Trinajstić information content (AvgIpc) is 2.31. The van der Waals surface area contributed by atoms with Crippen molar-refractivity contribution in [1.82, 2.24) is 10.2 Å². The smallest absolute Gasteiger partial charge is 0.00790 e. The summed E-state index contributed by atoms with van der Waals surface area (Å²) in [5.41, 5.74) is 0.692. The molecule has 1 N–H and O–H groups in total. The van der Waals surface area contributed by atoms with Crippen molar-refractivity contribution < 1.29 is 0 Å². The van der Waals surface area contributed by atoms with Crippen LogP contribution in [0, 0.1) is 5.41 Å². The van der Waals surface area contributed by atoms with E-state index in [1.54, 1.807) is 0 Å². The molecule has 0 aromatic heterocycles. The molecule has 0 spiro atoms. The Morgan fingerprint density at radius 2 is 1.89 bits per heavy atom. The third kappa shape index (κ3) is 3.48. The van der Waals surface area contributed by atoms with Gasteiger partial charge in [0.05, 0.1) is 0 Å². The van der Waals surface area contributed by atoms with Gasteiger partial charge in [-0.3, -0.25) is 0 Å². The summed E-state index contributed by atoms with van der Waals surface area (Å²) in [5.74, 6) is 0. The maximum atomic E-state index is 3.77. The quantitative estimate of drug-likeness (QED) is 0.825. The summed E-state index contributed by atoms with van der Waals surface area (Å²) >= 11 is 0. The van der Waals surface area contributed by atoms with Crippen LogP contribution in [0.25, 0.3) is 0 Å². The molecule has 1 heterocycles. The van der Waals surface area contributed by atoms with Crippen LogP contribution in [-0.4, -0.2) is 36.6 Å². The van der Waals surface area contributed by atoms with E-state index in [1.165, 1.54) is 64.6 Å². The van der Waals surface area contributed by atoms with Crippen LogP contribution in [0.5, 0.6) is 0 Å². The normalized spacial score (nSPS) is 33.5. The van der Waals surface area contributed by atoms with Gasteiger partial charge in [0.25, 0.3) is 0 Å². The monoisotopic (exact) mass is 252 g/mol. The molecule has 1 aliphatic carbocycles. The number of rotatable bonds is 4. The number of nitrogens with zero attached hydrogens (tertiary/aromatic N) is 1. The minimum atomic E-state index is 0.691. The Bertz CT molecular complexity index is 242. The molecule has 2 fully saturated rings. The maximum absolute atomic E-state index is 3.77. The summed E-state index contributed by atoms with van der Waals surface area (Å²) in [7, 11) is 0. The van der Waals surface area contributed by atoms with Crippen molar-refractivity contribution >= 4 is 0 Å². The van der Waals surface area contributed by atoms with Gasteiger partial charge in [-0.15, -0.1) is 0 Å². The van der Waals surface area contributed by atoms with Gasteiger partial charge in [-0.2, -0.15) is 0 Å². The highest BCUT2D eigenvalue weighted by Gasteiger charge is 2.36. The molecule has 2 unspecified atom stereocenters. The van der Waals surface area contributed by atoms with Gasteiger partial charge in [0.15, 0.2) is 0 Å². The van der Waals surface area contributed by atoms with Gasteiger partial charge in [0.2, 0.25) is 0 Å². The largest absolute Gasteiger partial charge is 0.311 e. The molecule has 0 aromatic carbocycles. The number of nitrogens with one attached hydrogen (secondary N) is 1. The third-order valence-corrected chi connectivity index (χ3v) is 5.41. The highest BCUT2D eigenvalue weighted by molar-refractivity contribution is 4.90. The Morgan fingerprint density at radius 3 is 2.44 bits per heavy atom. The molecule has 1 saturated heterocycles. The van der Waals surface area contributed by atoms with E-state index in [1.807, 2.05) is 0 Å². The molecule has 2 atom stereocenters. The van der Waals surface area contributed by atoms with Crippen LogP contribution in [0.2, 0.25) is 0 Å². The van der Waals surface area contributed by atoms with Crippen LogP contribution in [0.3, 0.4) is 0 Å². The first-order valence-corrected chi connectivity index (χ1v) is 8.16. The molecule has 18 heavy (non-hydrogen) atoms. The molecule has 2 rings (SSSR count). The minimum Gasteiger partial charge on any atom is -0.311 e. The van der Waals surface area contributed by atoms with Crippen LogP contribution in [0.1, 0.15) is 65.7 Å². The molecule has 1 saturated carbocycles. The average molecular weight is 252 g/mol. The second kappa shape index (κ2) is 6.38. The molecule has 0 bridgehead atoms. The van der Waals surface area contributed by atoms with E-state index >= 15 is 0 Å². The van der Waals surface area contributed by atoms with Crippen LogP contribution >= 0.6 is 0 Å². The van der Waals surface area contributed by atoms with E-state index in [0.717, 1.165) is 6.04 Å². The van der Waals surface area contributed by atoms with Crippen LogP contribution in [0.4, 0.5) is 0 Å². The lowest BCUT2D eigenvalue weighted by molar-refractivity contribution is 0.0544. The number of hydrogen-bond acceptors (Lipinski definition) is 2. The van der Waals surface area contributed by atoms with Crippen molar-refractivity contribution in [2.75, 3.05) is 19.6 Å². The molecular weight excluding hydrogens is 220 g/mol. The van der Waals surface area contributed by atoms with E-state index in [-0.39, 0.29) is 0 Å². The van der Waals surface area contributed by atoms with Crippen molar-refractivity contribution in [3.8, 4) is 0 Å². The maximum Gasteiger partial charge on any atom is 0.00790 e. The first-order chi connectivity index (χ1) is 8.67. The van der Waals surface area contributed by atoms with Gasteiger partial charge in [-0.25, -0.2) is 0 Å². The fraction of sp³-hybridized carbons (Fsp3) is 1.00. The Labute approximate surface area is 114 Å². The molecule has 2 heteroatoms. The van der Waals surface area contributed by atoms with Gasteiger partial charge in [0, 0.05) is 18.6 Å². The van der Waals surface area contributed by atoms with Crippen molar-refractivity contribution in [3.05, 3.63) is 0 Å². The van der Waals surface area contributed by atoms with Gasteiger partial charge >= 0.3 is 0 Å². The topological polar surface area (TPSA) is 15.3 Å². The van der Waals surface area contributed by atoms with Crippen molar-refractivity contribution in [1.29, 1.82) is 0 Å².